The molecule has 0 aliphatic rings. The van der Waals surface area contributed by atoms with Gasteiger partial charge >= 0.3 is 6.18 Å². The quantitative estimate of drug-likeness (QED) is 0.630. The minimum Gasteiger partial charge on any atom is -0.543 e. The minimum atomic E-state index is -4.58. The van der Waals surface area contributed by atoms with Crippen molar-refractivity contribution in [1.82, 2.24) is 0 Å². The molecule has 0 heterocycles. The van der Waals surface area contributed by atoms with Crippen molar-refractivity contribution < 1.29 is 32.6 Å². The number of aliphatic carboxylic acids is 1. The third kappa shape index (κ3) is 4.85. The maximum atomic E-state index is 12.7. The maximum absolute atomic E-state index is 12.7. The van der Waals surface area contributed by atoms with Crippen molar-refractivity contribution in [1.29, 1.82) is 0 Å². The standard InChI is InChI=1S/C18H14F3NO4/c1-26-14-7-5-11(6-8-14)16(23)10-15(17(24)25)22-13-4-2-3-12(9-13)18(19,20)21/h2-10,22H,1H3,(H,24,25)/p-1/b15-10-. The third-order valence-corrected chi connectivity index (χ3v) is 3.34. The Hall–Kier alpha value is -3.29. The Bertz CT molecular complexity index is 842. The normalized spacial score (nSPS) is 11.8. The van der Waals surface area contributed by atoms with E-state index in [9.17, 15) is 27.9 Å². The largest absolute Gasteiger partial charge is 0.543 e. The first kappa shape index (κ1) is 19.0. The predicted octanol–water partition coefficient (Wildman–Crippen LogP) is 2.64. The van der Waals surface area contributed by atoms with E-state index in [4.69, 9.17) is 4.74 Å². The van der Waals surface area contributed by atoms with Crippen LogP contribution in [0.25, 0.3) is 0 Å². The Kier molecular flexibility index (Phi) is 5.66. The zero-order valence-electron chi connectivity index (χ0n) is 13.5. The van der Waals surface area contributed by atoms with Gasteiger partial charge in [0.25, 0.3) is 0 Å². The van der Waals surface area contributed by atoms with Crippen LogP contribution in [-0.2, 0) is 11.0 Å². The number of carbonyl (C=O) groups is 2. The van der Waals surface area contributed by atoms with E-state index in [0.717, 1.165) is 24.3 Å². The van der Waals surface area contributed by atoms with E-state index >= 15 is 0 Å². The molecule has 0 aromatic heterocycles. The lowest BCUT2D eigenvalue weighted by molar-refractivity contribution is -0.299. The number of methoxy groups -OCH3 is 1. The summed E-state index contributed by atoms with van der Waals surface area (Å²) < 4.78 is 43.1. The highest BCUT2D eigenvalue weighted by atomic mass is 19.4. The van der Waals surface area contributed by atoms with Gasteiger partial charge in [0.2, 0.25) is 0 Å². The fourth-order valence-electron chi connectivity index (χ4n) is 2.04. The van der Waals surface area contributed by atoms with Crippen molar-refractivity contribution in [2.24, 2.45) is 0 Å². The van der Waals surface area contributed by atoms with E-state index in [1.165, 1.54) is 37.4 Å². The summed E-state index contributed by atoms with van der Waals surface area (Å²) >= 11 is 0. The van der Waals surface area contributed by atoms with Gasteiger partial charge in [-0.3, -0.25) is 4.79 Å². The molecule has 2 aromatic carbocycles. The Labute approximate surface area is 146 Å². The number of carboxylic acids is 1. The van der Waals surface area contributed by atoms with Crippen molar-refractivity contribution in [2.45, 2.75) is 6.18 Å². The SMILES string of the molecule is COc1ccc(C(=O)/C=C(\Nc2cccc(C(F)(F)F)c2)C(=O)[O-])cc1. The van der Waals surface area contributed by atoms with Gasteiger partial charge in [0, 0.05) is 17.3 Å². The highest BCUT2D eigenvalue weighted by Crippen LogP contribution is 2.30. The van der Waals surface area contributed by atoms with Crippen LogP contribution in [0.15, 0.2) is 60.3 Å². The number of ketones is 1. The first-order valence-corrected chi connectivity index (χ1v) is 7.26. The molecule has 26 heavy (non-hydrogen) atoms. The van der Waals surface area contributed by atoms with Crippen LogP contribution in [0.4, 0.5) is 18.9 Å². The van der Waals surface area contributed by atoms with Crippen molar-refractivity contribution in [3.63, 3.8) is 0 Å². The zero-order valence-corrected chi connectivity index (χ0v) is 13.5. The molecule has 0 spiro atoms. The number of carboxylic acid groups (broad SMARTS) is 1. The van der Waals surface area contributed by atoms with Gasteiger partial charge in [0.15, 0.2) is 5.78 Å². The topological polar surface area (TPSA) is 78.5 Å². The predicted molar refractivity (Wildman–Crippen MR) is 85.5 cm³/mol. The second-order valence-electron chi connectivity index (χ2n) is 5.14. The van der Waals surface area contributed by atoms with Crippen LogP contribution < -0.4 is 15.2 Å². The summed E-state index contributed by atoms with van der Waals surface area (Å²) in [7, 11) is 1.45. The van der Waals surface area contributed by atoms with Gasteiger partial charge in [0.1, 0.15) is 5.75 Å². The Morgan fingerprint density at radius 2 is 1.77 bits per heavy atom. The minimum absolute atomic E-state index is 0.141. The first-order valence-electron chi connectivity index (χ1n) is 7.26. The second-order valence-corrected chi connectivity index (χ2v) is 5.14. The number of halogens is 3. The number of benzene rings is 2. The number of hydrogen-bond donors (Lipinski definition) is 1. The lowest BCUT2D eigenvalue weighted by atomic mass is 10.1. The fourth-order valence-corrected chi connectivity index (χ4v) is 2.04. The number of anilines is 1. The van der Waals surface area contributed by atoms with Crippen LogP contribution in [-0.4, -0.2) is 18.9 Å². The molecule has 0 amide bonds. The van der Waals surface area contributed by atoms with Gasteiger partial charge in [-0.1, -0.05) is 6.07 Å². The molecule has 0 bridgehead atoms. The summed E-state index contributed by atoms with van der Waals surface area (Å²) in [5, 5.41) is 13.5. The monoisotopic (exact) mass is 364 g/mol. The lowest BCUT2D eigenvalue weighted by Gasteiger charge is -2.14. The van der Waals surface area contributed by atoms with Gasteiger partial charge < -0.3 is 20.0 Å². The molecule has 0 unspecified atom stereocenters. The number of hydrogen-bond acceptors (Lipinski definition) is 5. The molecule has 0 fully saturated rings. The number of carbonyl (C=O) groups excluding carboxylic acids is 2. The molecule has 2 rings (SSSR count). The van der Waals surface area contributed by atoms with Gasteiger partial charge in [-0.2, -0.15) is 13.2 Å². The van der Waals surface area contributed by atoms with Gasteiger partial charge in [-0.25, -0.2) is 0 Å². The van der Waals surface area contributed by atoms with Gasteiger partial charge in [0.05, 0.1) is 24.3 Å². The van der Waals surface area contributed by atoms with Crippen LogP contribution in [0.1, 0.15) is 15.9 Å². The molecule has 0 atom stereocenters. The summed E-state index contributed by atoms with van der Waals surface area (Å²) in [4.78, 5) is 23.4. The summed E-state index contributed by atoms with van der Waals surface area (Å²) in [5.74, 6) is -1.89. The molecule has 1 N–H and O–H groups in total. The lowest BCUT2D eigenvalue weighted by Crippen LogP contribution is -2.29. The molecule has 0 aliphatic heterocycles. The number of allylic oxidation sites excluding steroid dienone is 1. The molecule has 0 aliphatic carbocycles. The van der Waals surface area contributed by atoms with E-state index in [-0.39, 0.29) is 11.3 Å². The fraction of sp³-hybridized carbons (Fsp3) is 0.111. The molecular weight excluding hydrogens is 351 g/mol. The van der Waals surface area contributed by atoms with Crippen molar-refractivity contribution in [2.75, 3.05) is 12.4 Å². The Morgan fingerprint density at radius 3 is 2.31 bits per heavy atom. The molecule has 8 heteroatoms. The Balaban J connectivity index is 2.26. The highest BCUT2D eigenvalue weighted by Gasteiger charge is 2.30. The van der Waals surface area contributed by atoms with E-state index in [1.807, 2.05) is 0 Å². The van der Waals surface area contributed by atoms with Crippen LogP contribution in [0.2, 0.25) is 0 Å². The van der Waals surface area contributed by atoms with E-state index in [0.29, 0.717) is 5.75 Å². The molecule has 136 valence electrons. The van der Waals surface area contributed by atoms with Crippen LogP contribution in [0, 0.1) is 0 Å². The van der Waals surface area contributed by atoms with E-state index < -0.39 is 29.2 Å². The average Bonchev–Trinajstić information content (AvgIpc) is 2.60. The number of ether oxygens (including phenoxy) is 1. The van der Waals surface area contributed by atoms with Crippen LogP contribution >= 0.6 is 0 Å². The highest BCUT2D eigenvalue weighted by molar-refractivity contribution is 6.09. The van der Waals surface area contributed by atoms with E-state index in [2.05, 4.69) is 5.32 Å². The molecule has 0 radical (unpaired) electrons. The number of rotatable bonds is 6. The smallest absolute Gasteiger partial charge is 0.416 e. The van der Waals surface area contributed by atoms with Crippen molar-refractivity contribution in [3.8, 4) is 5.75 Å². The molecular formula is C18H13F3NO4-. The summed E-state index contributed by atoms with van der Waals surface area (Å²) in [5.41, 5.74) is -1.58. The van der Waals surface area contributed by atoms with Gasteiger partial charge in [-0.05, 0) is 42.5 Å². The Morgan fingerprint density at radius 1 is 1.12 bits per heavy atom. The number of alkyl halides is 3. The number of nitrogens with one attached hydrogen (secondary N) is 1. The van der Waals surface area contributed by atoms with Crippen LogP contribution in [0.5, 0.6) is 5.75 Å². The van der Waals surface area contributed by atoms with Gasteiger partial charge in [-0.15, -0.1) is 0 Å². The zero-order chi connectivity index (χ0) is 19.3. The van der Waals surface area contributed by atoms with Crippen LogP contribution in [0.3, 0.4) is 0 Å². The van der Waals surface area contributed by atoms with Crippen molar-refractivity contribution in [3.05, 3.63) is 71.4 Å². The molecule has 2 aromatic rings. The molecule has 5 nitrogen and oxygen atoms in total. The first-order chi connectivity index (χ1) is 12.2. The molecule has 0 saturated carbocycles. The van der Waals surface area contributed by atoms with E-state index in [1.54, 1.807) is 0 Å². The summed E-state index contributed by atoms with van der Waals surface area (Å²) in [6.07, 6.45) is -3.83. The maximum Gasteiger partial charge on any atom is 0.416 e. The third-order valence-electron chi connectivity index (χ3n) is 3.34. The van der Waals surface area contributed by atoms with Crippen molar-refractivity contribution >= 4 is 17.4 Å². The second kappa shape index (κ2) is 7.73. The molecule has 0 saturated heterocycles. The summed E-state index contributed by atoms with van der Waals surface area (Å²) in [6.45, 7) is 0. The summed E-state index contributed by atoms with van der Waals surface area (Å²) in [6, 6.07) is 9.81. The average molecular weight is 364 g/mol.